The van der Waals surface area contributed by atoms with Crippen LogP contribution in [-0.2, 0) is 9.31 Å². The van der Waals surface area contributed by atoms with Gasteiger partial charge >= 0.3 is 7.12 Å². The van der Waals surface area contributed by atoms with E-state index >= 15 is 0 Å². The highest BCUT2D eigenvalue weighted by atomic mass is 16.7. The van der Waals surface area contributed by atoms with Gasteiger partial charge in [0.2, 0.25) is 0 Å². The molecule has 1 saturated heterocycles. The molecule has 0 spiro atoms. The molecule has 1 fully saturated rings. The third-order valence-electron chi connectivity index (χ3n) is 4.24. The lowest BCUT2D eigenvalue weighted by molar-refractivity contribution is 0.00578. The van der Waals surface area contributed by atoms with Crippen molar-refractivity contribution < 1.29 is 9.31 Å². The standard InChI is InChI=1S/C15H21BN2O2/c1-10(18)12-8-6-7-11(9-17)13(12)16-19-14(2,3)15(4,5)20-16/h6-8,10H,18H2,1-5H3. The molecule has 0 aliphatic carbocycles. The van der Waals surface area contributed by atoms with E-state index in [0.717, 1.165) is 11.0 Å². The fraction of sp³-hybridized carbons (Fsp3) is 0.533. The highest BCUT2D eigenvalue weighted by Gasteiger charge is 2.52. The van der Waals surface area contributed by atoms with E-state index in [9.17, 15) is 5.26 Å². The summed E-state index contributed by atoms with van der Waals surface area (Å²) in [5, 5.41) is 9.34. The summed E-state index contributed by atoms with van der Waals surface area (Å²) < 4.78 is 12.1. The highest BCUT2D eigenvalue weighted by molar-refractivity contribution is 6.63. The molecule has 0 aromatic heterocycles. The van der Waals surface area contributed by atoms with Crippen molar-refractivity contribution in [2.24, 2.45) is 5.73 Å². The Labute approximate surface area is 121 Å². The van der Waals surface area contributed by atoms with E-state index in [2.05, 4.69) is 6.07 Å². The molecule has 20 heavy (non-hydrogen) atoms. The van der Waals surface area contributed by atoms with Crippen molar-refractivity contribution in [1.29, 1.82) is 5.26 Å². The van der Waals surface area contributed by atoms with Gasteiger partial charge in [-0.2, -0.15) is 5.26 Å². The van der Waals surface area contributed by atoms with Crippen LogP contribution in [0.5, 0.6) is 0 Å². The van der Waals surface area contributed by atoms with Gasteiger partial charge in [-0.15, -0.1) is 0 Å². The van der Waals surface area contributed by atoms with E-state index in [0.29, 0.717) is 5.56 Å². The van der Waals surface area contributed by atoms with Gasteiger partial charge in [0, 0.05) is 11.5 Å². The predicted molar refractivity (Wildman–Crippen MR) is 79.5 cm³/mol. The van der Waals surface area contributed by atoms with E-state index in [1.165, 1.54) is 0 Å². The molecular weight excluding hydrogens is 251 g/mol. The first-order valence-electron chi connectivity index (χ1n) is 6.84. The number of nitrogens with two attached hydrogens (primary N) is 1. The highest BCUT2D eigenvalue weighted by Crippen LogP contribution is 2.37. The minimum Gasteiger partial charge on any atom is -0.399 e. The van der Waals surface area contributed by atoms with Crippen LogP contribution in [-0.4, -0.2) is 18.3 Å². The fourth-order valence-corrected chi connectivity index (χ4v) is 2.30. The average Bonchev–Trinajstić information content (AvgIpc) is 2.57. The molecule has 4 nitrogen and oxygen atoms in total. The Morgan fingerprint density at radius 2 is 1.75 bits per heavy atom. The molecule has 0 amide bonds. The fourth-order valence-electron chi connectivity index (χ4n) is 2.30. The summed E-state index contributed by atoms with van der Waals surface area (Å²) >= 11 is 0. The van der Waals surface area contributed by atoms with Crippen molar-refractivity contribution >= 4 is 12.6 Å². The van der Waals surface area contributed by atoms with Crippen LogP contribution in [0.2, 0.25) is 0 Å². The van der Waals surface area contributed by atoms with Crippen LogP contribution in [0.3, 0.4) is 0 Å². The SMILES string of the molecule is CC(N)c1cccc(C#N)c1B1OC(C)(C)C(C)(C)O1. The molecule has 1 unspecified atom stereocenters. The summed E-state index contributed by atoms with van der Waals surface area (Å²) in [6.07, 6.45) is 0. The zero-order valence-electron chi connectivity index (χ0n) is 12.7. The molecule has 1 aromatic rings. The normalized spacial score (nSPS) is 21.6. The topological polar surface area (TPSA) is 68.3 Å². The Hall–Kier alpha value is -1.35. The minimum absolute atomic E-state index is 0.183. The molecule has 1 atom stereocenters. The summed E-state index contributed by atoms with van der Waals surface area (Å²) in [4.78, 5) is 0. The number of benzene rings is 1. The minimum atomic E-state index is -0.558. The van der Waals surface area contributed by atoms with Gasteiger partial charge in [0.25, 0.3) is 0 Å². The second-order valence-corrected chi connectivity index (χ2v) is 6.30. The van der Waals surface area contributed by atoms with Gasteiger partial charge in [0.15, 0.2) is 0 Å². The number of nitriles is 1. The van der Waals surface area contributed by atoms with Crippen LogP contribution in [0.25, 0.3) is 0 Å². The second kappa shape index (κ2) is 4.89. The lowest BCUT2D eigenvalue weighted by Crippen LogP contribution is -2.41. The number of rotatable bonds is 2. The van der Waals surface area contributed by atoms with E-state index in [1.807, 2.05) is 46.8 Å². The number of hydrogen-bond donors (Lipinski definition) is 1. The quantitative estimate of drug-likeness (QED) is 0.834. The van der Waals surface area contributed by atoms with Crippen molar-refractivity contribution in [1.82, 2.24) is 0 Å². The lowest BCUT2D eigenvalue weighted by atomic mass is 9.72. The summed E-state index contributed by atoms with van der Waals surface area (Å²) in [6.45, 7) is 9.87. The van der Waals surface area contributed by atoms with Crippen LogP contribution in [0.1, 0.15) is 51.8 Å². The van der Waals surface area contributed by atoms with Gasteiger partial charge in [0.1, 0.15) is 0 Å². The summed E-state index contributed by atoms with van der Waals surface area (Å²) in [5.74, 6) is 0. The van der Waals surface area contributed by atoms with Crippen LogP contribution in [0.4, 0.5) is 0 Å². The third kappa shape index (κ3) is 2.35. The Morgan fingerprint density at radius 3 is 2.20 bits per heavy atom. The van der Waals surface area contributed by atoms with Crippen LogP contribution < -0.4 is 11.2 Å². The third-order valence-corrected chi connectivity index (χ3v) is 4.24. The Bertz CT molecular complexity index is 545. The second-order valence-electron chi connectivity index (χ2n) is 6.30. The molecule has 1 aliphatic rings. The molecule has 1 aliphatic heterocycles. The molecule has 0 saturated carbocycles. The van der Waals surface area contributed by atoms with Crippen LogP contribution >= 0.6 is 0 Å². The predicted octanol–water partition coefficient (Wildman–Crippen LogP) is 1.88. The summed E-state index contributed by atoms with van der Waals surface area (Å²) in [7, 11) is -0.558. The molecule has 2 N–H and O–H groups in total. The van der Waals surface area contributed by atoms with E-state index in [1.54, 1.807) is 6.07 Å². The van der Waals surface area contributed by atoms with Gasteiger partial charge in [-0.3, -0.25) is 0 Å². The molecule has 1 heterocycles. The number of hydrogen-bond acceptors (Lipinski definition) is 4. The van der Waals surface area contributed by atoms with E-state index in [4.69, 9.17) is 15.0 Å². The van der Waals surface area contributed by atoms with Gasteiger partial charge in [-0.1, -0.05) is 12.1 Å². The Morgan fingerprint density at radius 1 is 1.20 bits per heavy atom. The van der Waals surface area contributed by atoms with Crippen molar-refractivity contribution in [2.75, 3.05) is 0 Å². The van der Waals surface area contributed by atoms with Crippen molar-refractivity contribution in [3.8, 4) is 6.07 Å². The van der Waals surface area contributed by atoms with Crippen molar-refractivity contribution in [3.63, 3.8) is 0 Å². The van der Waals surface area contributed by atoms with Gasteiger partial charge in [0.05, 0.1) is 22.8 Å². The first-order valence-corrected chi connectivity index (χ1v) is 6.84. The summed E-state index contributed by atoms with van der Waals surface area (Å²) in [6, 6.07) is 7.56. The largest absolute Gasteiger partial charge is 0.496 e. The zero-order chi connectivity index (χ0) is 15.1. The Balaban J connectivity index is 2.52. The monoisotopic (exact) mass is 272 g/mol. The first kappa shape index (κ1) is 15.1. The maximum Gasteiger partial charge on any atom is 0.496 e. The average molecular weight is 272 g/mol. The summed E-state index contributed by atoms with van der Waals surface area (Å²) in [5.41, 5.74) is 7.35. The lowest BCUT2D eigenvalue weighted by Gasteiger charge is -2.32. The first-order chi connectivity index (χ1) is 9.19. The van der Waals surface area contributed by atoms with Crippen molar-refractivity contribution in [2.45, 2.75) is 51.9 Å². The zero-order valence-corrected chi connectivity index (χ0v) is 12.7. The Kier molecular flexibility index (Phi) is 3.68. The van der Waals surface area contributed by atoms with Gasteiger partial charge in [-0.05, 0) is 46.2 Å². The molecule has 5 heteroatoms. The maximum absolute atomic E-state index is 9.34. The molecular formula is C15H21BN2O2. The van der Waals surface area contributed by atoms with Crippen molar-refractivity contribution in [3.05, 3.63) is 29.3 Å². The van der Waals surface area contributed by atoms with Gasteiger partial charge < -0.3 is 15.0 Å². The van der Waals surface area contributed by atoms with E-state index < -0.39 is 18.3 Å². The molecule has 2 rings (SSSR count). The molecule has 0 bridgehead atoms. The van der Waals surface area contributed by atoms with Crippen LogP contribution in [0, 0.1) is 11.3 Å². The van der Waals surface area contributed by atoms with Gasteiger partial charge in [-0.25, -0.2) is 0 Å². The maximum atomic E-state index is 9.34. The smallest absolute Gasteiger partial charge is 0.399 e. The molecule has 0 radical (unpaired) electrons. The van der Waals surface area contributed by atoms with Crippen LogP contribution in [0.15, 0.2) is 18.2 Å². The number of nitrogens with zero attached hydrogens (tertiary/aromatic N) is 1. The van der Waals surface area contributed by atoms with E-state index in [-0.39, 0.29) is 6.04 Å². The molecule has 106 valence electrons. The molecule has 1 aromatic carbocycles.